The van der Waals surface area contributed by atoms with E-state index < -0.39 is 0 Å². The highest BCUT2D eigenvalue weighted by Gasteiger charge is 2.32. The van der Waals surface area contributed by atoms with Gasteiger partial charge in [0.1, 0.15) is 11.5 Å². The van der Waals surface area contributed by atoms with Crippen molar-refractivity contribution >= 4 is 5.65 Å². The second kappa shape index (κ2) is 6.70. The fourth-order valence-electron chi connectivity index (χ4n) is 3.65. The van der Waals surface area contributed by atoms with Crippen molar-refractivity contribution in [1.29, 1.82) is 0 Å². The van der Waals surface area contributed by atoms with Crippen LogP contribution < -0.4 is 0 Å². The number of imidazole rings is 1. The Morgan fingerprint density at radius 3 is 2.82 bits per heavy atom. The summed E-state index contributed by atoms with van der Waals surface area (Å²) in [5.74, 6) is 1.34. The number of aryl methyl sites for hydroxylation is 1. The normalized spacial score (nSPS) is 15.6. The van der Waals surface area contributed by atoms with Gasteiger partial charge in [0.25, 0.3) is 0 Å². The van der Waals surface area contributed by atoms with Crippen LogP contribution in [0.15, 0.2) is 55.7 Å². The van der Waals surface area contributed by atoms with Crippen LogP contribution >= 0.6 is 0 Å². The lowest BCUT2D eigenvalue weighted by molar-refractivity contribution is 0.407. The van der Waals surface area contributed by atoms with Crippen LogP contribution in [0, 0.1) is 5.92 Å². The second-order valence-electron chi connectivity index (χ2n) is 7.23. The van der Waals surface area contributed by atoms with Gasteiger partial charge in [-0.2, -0.15) is 10.2 Å². The summed E-state index contributed by atoms with van der Waals surface area (Å²) >= 11 is 0. The first-order chi connectivity index (χ1) is 13.7. The quantitative estimate of drug-likeness (QED) is 0.512. The molecule has 142 valence electrons. The Balaban J connectivity index is 1.57. The van der Waals surface area contributed by atoms with Gasteiger partial charge >= 0.3 is 0 Å². The summed E-state index contributed by atoms with van der Waals surface area (Å²) in [6, 6.07) is 2.13. The van der Waals surface area contributed by atoms with Gasteiger partial charge in [-0.1, -0.05) is 6.08 Å². The van der Waals surface area contributed by atoms with E-state index in [-0.39, 0.29) is 6.04 Å². The predicted molar refractivity (Wildman–Crippen MR) is 103 cm³/mol. The molecule has 7 nitrogen and oxygen atoms in total. The number of aromatic nitrogens is 7. The number of hydrogen-bond donors (Lipinski definition) is 0. The van der Waals surface area contributed by atoms with Crippen molar-refractivity contribution in [3.05, 3.63) is 55.7 Å². The van der Waals surface area contributed by atoms with Crippen LogP contribution in [0.5, 0.6) is 0 Å². The number of rotatable bonds is 6. The molecule has 0 amide bonds. The minimum atomic E-state index is 0.181. The van der Waals surface area contributed by atoms with Crippen LogP contribution in [0.3, 0.4) is 0 Å². The maximum atomic E-state index is 12.5. The maximum Gasteiger partial charge on any atom is 0.149 e. The molecule has 0 radical (unpaired) electrons. The lowest BCUT2D eigenvalue weighted by Gasteiger charge is -2.14. The van der Waals surface area contributed by atoms with Crippen LogP contribution in [-0.4, -0.2) is 33.9 Å². The Kier molecular flexibility index (Phi) is 4.03. The van der Waals surface area contributed by atoms with Crippen LogP contribution in [0.4, 0.5) is 4.39 Å². The topological polar surface area (TPSA) is 65.8 Å². The number of halogens is 1. The van der Waals surface area contributed by atoms with Crippen molar-refractivity contribution in [3.8, 4) is 22.6 Å². The highest BCUT2D eigenvalue weighted by molar-refractivity contribution is 5.68. The van der Waals surface area contributed by atoms with Crippen molar-refractivity contribution < 1.29 is 4.39 Å². The standard InChI is InChI=1S/C20H20FN7/c1-26-12-15(10-23-26)17-9-19-22-7-8-27(19)20(25-17)16-11-24-28(13-16)18(3-2-6-21)14-4-5-14/h2,6-14,18H,3-5H2,1H3/b6-2-. The molecule has 4 aromatic rings. The monoisotopic (exact) mass is 377 g/mol. The lowest BCUT2D eigenvalue weighted by atomic mass is 10.1. The molecule has 8 heteroatoms. The van der Waals surface area contributed by atoms with Crippen LogP contribution in [0.2, 0.25) is 0 Å². The molecule has 1 aliphatic carbocycles. The molecule has 1 saturated carbocycles. The van der Waals surface area contributed by atoms with Crippen molar-refractivity contribution in [2.45, 2.75) is 25.3 Å². The summed E-state index contributed by atoms with van der Waals surface area (Å²) in [6.45, 7) is 0. The summed E-state index contributed by atoms with van der Waals surface area (Å²) in [6.07, 6.45) is 16.4. The summed E-state index contributed by atoms with van der Waals surface area (Å²) in [5, 5.41) is 8.82. The highest BCUT2D eigenvalue weighted by atomic mass is 19.1. The van der Waals surface area contributed by atoms with Gasteiger partial charge in [-0.3, -0.25) is 13.8 Å². The fraction of sp³-hybridized carbons (Fsp3) is 0.300. The third kappa shape index (κ3) is 3.00. The molecule has 0 spiro atoms. The van der Waals surface area contributed by atoms with Crippen molar-refractivity contribution in [2.75, 3.05) is 0 Å². The van der Waals surface area contributed by atoms with E-state index in [0.717, 1.165) is 28.3 Å². The van der Waals surface area contributed by atoms with Crippen LogP contribution in [0.1, 0.15) is 25.3 Å². The van der Waals surface area contributed by atoms with Crippen LogP contribution in [-0.2, 0) is 7.05 Å². The molecule has 0 bridgehead atoms. The Morgan fingerprint density at radius 2 is 2.07 bits per heavy atom. The number of fused-ring (bicyclic) bond motifs is 1. The van der Waals surface area contributed by atoms with E-state index >= 15 is 0 Å². The Labute approximate surface area is 161 Å². The molecular formula is C20H20FN7. The van der Waals surface area contributed by atoms with Gasteiger partial charge in [0.2, 0.25) is 0 Å². The average Bonchev–Trinajstić information content (AvgIpc) is 3.10. The molecule has 4 aromatic heterocycles. The van der Waals surface area contributed by atoms with Crippen molar-refractivity contribution in [1.82, 2.24) is 33.9 Å². The molecular weight excluding hydrogens is 357 g/mol. The van der Waals surface area contributed by atoms with E-state index in [1.165, 1.54) is 12.8 Å². The van der Waals surface area contributed by atoms with Gasteiger partial charge in [-0.15, -0.1) is 0 Å². The minimum absolute atomic E-state index is 0.181. The minimum Gasteiger partial charge on any atom is -0.284 e. The average molecular weight is 377 g/mol. The molecule has 1 unspecified atom stereocenters. The van der Waals surface area contributed by atoms with E-state index in [9.17, 15) is 4.39 Å². The summed E-state index contributed by atoms with van der Waals surface area (Å²) in [5.41, 5.74) is 3.47. The molecule has 0 aromatic carbocycles. The van der Waals surface area contributed by atoms with Crippen LogP contribution in [0.25, 0.3) is 28.3 Å². The third-order valence-electron chi connectivity index (χ3n) is 5.22. The van der Waals surface area contributed by atoms with E-state index in [0.29, 0.717) is 18.7 Å². The molecule has 4 heterocycles. The Hall–Kier alpha value is -3.29. The maximum absolute atomic E-state index is 12.5. The van der Waals surface area contributed by atoms with E-state index in [1.54, 1.807) is 23.2 Å². The largest absolute Gasteiger partial charge is 0.284 e. The van der Waals surface area contributed by atoms with E-state index in [4.69, 9.17) is 4.98 Å². The second-order valence-corrected chi connectivity index (χ2v) is 7.23. The summed E-state index contributed by atoms with van der Waals surface area (Å²) < 4.78 is 18.2. The predicted octanol–water partition coefficient (Wildman–Crippen LogP) is 3.82. The molecule has 1 fully saturated rings. The molecule has 0 N–H and O–H groups in total. The van der Waals surface area contributed by atoms with Crippen molar-refractivity contribution in [2.24, 2.45) is 13.0 Å². The zero-order chi connectivity index (χ0) is 19.1. The van der Waals surface area contributed by atoms with E-state index in [1.807, 2.05) is 47.0 Å². The van der Waals surface area contributed by atoms with Gasteiger partial charge in [-0.25, -0.2) is 14.4 Å². The molecule has 0 aliphatic heterocycles. The SMILES string of the molecule is Cn1cc(-c2cc3nccn3c(-c3cnn(C(C/C=C\F)C4CC4)c3)n2)cn1. The number of hydrogen-bond acceptors (Lipinski definition) is 4. The highest BCUT2D eigenvalue weighted by Crippen LogP contribution is 2.42. The van der Waals surface area contributed by atoms with Gasteiger partial charge in [0, 0.05) is 43.5 Å². The zero-order valence-corrected chi connectivity index (χ0v) is 15.5. The van der Waals surface area contributed by atoms with Gasteiger partial charge in [-0.05, 0) is 25.2 Å². The third-order valence-corrected chi connectivity index (χ3v) is 5.22. The lowest BCUT2D eigenvalue weighted by Crippen LogP contribution is -2.10. The first kappa shape index (κ1) is 16.9. The van der Waals surface area contributed by atoms with Gasteiger partial charge in [0.15, 0.2) is 0 Å². The fourth-order valence-corrected chi connectivity index (χ4v) is 3.65. The first-order valence-electron chi connectivity index (χ1n) is 9.36. The molecule has 0 saturated heterocycles. The van der Waals surface area contributed by atoms with Gasteiger partial charge in [0.05, 0.1) is 36.0 Å². The number of nitrogens with zero attached hydrogens (tertiary/aromatic N) is 7. The Bertz CT molecular complexity index is 1150. The number of allylic oxidation sites excluding steroid dienone is 1. The van der Waals surface area contributed by atoms with Gasteiger partial charge < -0.3 is 0 Å². The van der Waals surface area contributed by atoms with Crippen molar-refractivity contribution in [3.63, 3.8) is 0 Å². The smallest absolute Gasteiger partial charge is 0.149 e. The van der Waals surface area contributed by atoms with E-state index in [2.05, 4.69) is 15.2 Å². The first-order valence-corrected chi connectivity index (χ1v) is 9.36. The summed E-state index contributed by atoms with van der Waals surface area (Å²) in [7, 11) is 1.88. The molecule has 5 rings (SSSR count). The Morgan fingerprint density at radius 1 is 1.21 bits per heavy atom. The zero-order valence-electron chi connectivity index (χ0n) is 15.5. The molecule has 28 heavy (non-hydrogen) atoms. The molecule has 1 atom stereocenters. The molecule has 1 aliphatic rings. The summed E-state index contributed by atoms with van der Waals surface area (Å²) in [4.78, 5) is 9.30.